The summed E-state index contributed by atoms with van der Waals surface area (Å²) < 4.78 is 0. The molecule has 0 aromatic heterocycles. The van der Waals surface area contributed by atoms with Gasteiger partial charge in [0, 0.05) is 42.6 Å². The zero-order valence-corrected chi connectivity index (χ0v) is 17.7. The fourth-order valence-electron chi connectivity index (χ4n) is 4.82. The molecule has 4 rings (SSSR count). The van der Waals surface area contributed by atoms with E-state index >= 15 is 0 Å². The fourth-order valence-corrected chi connectivity index (χ4v) is 4.82. The van der Waals surface area contributed by atoms with Crippen molar-refractivity contribution in [1.29, 1.82) is 0 Å². The third-order valence-electron chi connectivity index (χ3n) is 6.53. The molecule has 1 aromatic rings. The van der Waals surface area contributed by atoms with Crippen molar-refractivity contribution in [2.24, 2.45) is 5.92 Å². The van der Waals surface area contributed by atoms with Gasteiger partial charge in [-0.25, -0.2) is 0 Å². The zero-order chi connectivity index (χ0) is 20.4. The largest absolute Gasteiger partial charge is 0.395 e. The fraction of sp³-hybridized carbons (Fsp3) is 0.625. The molecular weight excluding hydrogens is 362 g/mol. The minimum absolute atomic E-state index is 0.154. The van der Waals surface area contributed by atoms with E-state index in [1.165, 1.54) is 5.56 Å². The normalized spacial score (nSPS) is 27.3. The molecule has 3 atom stereocenters. The summed E-state index contributed by atoms with van der Waals surface area (Å²) in [6.45, 7) is 3.62. The lowest BCUT2D eigenvalue weighted by atomic mass is 9.74. The van der Waals surface area contributed by atoms with E-state index in [1.54, 1.807) is 0 Å². The predicted octanol–water partition coefficient (Wildman–Crippen LogP) is 1.76. The number of aliphatic hydroxyl groups excluding tert-OH is 1. The molecule has 2 aliphatic heterocycles. The van der Waals surface area contributed by atoms with Crippen molar-refractivity contribution < 1.29 is 9.90 Å². The summed E-state index contributed by atoms with van der Waals surface area (Å²) in [4.78, 5) is 19.3. The Bertz CT molecular complexity index is 776. The van der Waals surface area contributed by atoms with Crippen LogP contribution in [0.5, 0.6) is 0 Å². The molecular formula is C24H33N3O2. The second-order valence-electron chi connectivity index (χ2n) is 9.01. The van der Waals surface area contributed by atoms with E-state index in [1.807, 2.05) is 14.1 Å². The van der Waals surface area contributed by atoms with Gasteiger partial charge in [0.05, 0.1) is 13.2 Å². The van der Waals surface area contributed by atoms with Gasteiger partial charge in [-0.2, -0.15) is 0 Å². The van der Waals surface area contributed by atoms with Crippen molar-refractivity contribution in [3.8, 4) is 11.8 Å². The van der Waals surface area contributed by atoms with Crippen molar-refractivity contribution in [1.82, 2.24) is 14.7 Å². The number of carbonyl (C=O) groups is 1. The van der Waals surface area contributed by atoms with Gasteiger partial charge in [0.15, 0.2) is 0 Å². The number of nitrogens with zero attached hydrogens (tertiary/aromatic N) is 3. The number of rotatable bonds is 4. The monoisotopic (exact) mass is 395 g/mol. The zero-order valence-electron chi connectivity index (χ0n) is 17.7. The number of aliphatic hydroxyl groups is 1. The maximum atomic E-state index is 12.7. The number of fused-ring (bicyclic) bond motifs is 1. The highest BCUT2D eigenvalue weighted by Crippen LogP contribution is 2.42. The van der Waals surface area contributed by atoms with Crippen molar-refractivity contribution in [3.63, 3.8) is 0 Å². The van der Waals surface area contributed by atoms with Crippen LogP contribution in [0.2, 0.25) is 0 Å². The van der Waals surface area contributed by atoms with Crippen LogP contribution in [0.15, 0.2) is 24.3 Å². The van der Waals surface area contributed by atoms with Crippen LogP contribution < -0.4 is 0 Å². The van der Waals surface area contributed by atoms with Gasteiger partial charge < -0.3 is 10.0 Å². The Morgan fingerprint density at radius 2 is 1.90 bits per heavy atom. The van der Waals surface area contributed by atoms with E-state index in [2.05, 4.69) is 50.8 Å². The Balaban J connectivity index is 1.50. The predicted molar refractivity (Wildman–Crippen MR) is 115 cm³/mol. The third-order valence-corrected chi connectivity index (χ3v) is 6.53. The van der Waals surface area contributed by atoms with Crippen LogP contribution in [-0.4, -0.2) is 84.7 Å². The van der Waals surface area contributed by atoms with Gasteiger partial charge in [-0.3, -0.25) is 14.6 Å². The quantitative estimate of drug-likeness (QED) is 0.790. The summed E-state index contributed by atoms with van der Waals surface area (Å²) in [6, 6.07) is 8.96. The molecule has 0 spiro atoms. The summed E-state index contributed by atoms with van der Waals surface area (Å²) in [5, 5.41) is 10.1. The van der Waals surface area contributed by atoms with Crippen LogP contribution in [0.3, 0.4) is 0 Å². The molecule has 1 N–H and O–H groups in total. The van der Waals surface area contributed by atoms with Crippen LogP contribution in [0.1, 0.15) is 42.7 Å². The molecule has 3 aliphatic rings. The van der Waals surface area contributed by atoms with Crippen LogP contribution in [0.25, 0.3) is 0 Å². The molecule has 0 unspecified atom stereocenters. The van der Waals surface area contributed by atoms with Crippen molar-refractivity contribution in [3.05, 3.63) is 35.4 Å². The van der Waals surface area contributed by atoms with E-state index in [0.717, 1.165) is 57.4 Å². The number of hydrogen-bond donors (Lipinski definition) is 1. The highest BCUT2D eigenvalue weighted by atomic mass is 16.3. The number of carbonyl (C=O) groups excluding carboxylic acids is 1. The Hall–Kier alpha value is -1.87. The second-order valence-corrected chi connectivity index (χ2v) is 9.01. The molecule has 1 aliphatic carbocycles. The van der Waals surface area contributed by atoms with Crippen LogP contribution >= 0.6 is 0 Å². The molecule has 2 saturated heterocycles. The highest BCUT2D eigenvalue weighted by Gasteiger charge is 2.50. The molecule has 2 heterocycles. The van der Waals surface area contributed by atoms with E-state index < -0.39 is 0 Å². The average Bonchev–Trinajstić information content (AvgIpc) is 3.52. The lowest BCUT2D eigenvalue weighted by Gasteiger charge is -2.57. The Kier molecular flexibility index (Phi) is 6.24. The van der Waals surface area contributed by atoms with E-state index in [9.17, 15) is 9.90 Å². The van der Waals surface area contributed by atoms with Gasteiger partial charge in [0.1, 0.15) is 0 Å². The summed E-state index contributed by atoms with van der Waals surface area (Å²) in [5.74, 6) is 7.29. The summed E-state index contributed by atoms with van der Waals surface area (Å²) >= 11 is 0. The van der Waals surface area contributed by atoms with Gasteiger partial charge in [-0.1, -0.05) is 24.0 Å². The molecule has 0 bridgehead atoms. The van der Waals surface area contributed by atoms with Gasteiger partial charge >= 0.3 is 0 Å². The molecule has 5 nitrogen and oxygen atoms in total. The Morgan fingerprint density at radius 3 is 2.55 bits per heavy atom. The molecule has 1 saturated carbocycles. The number of hydrogen-bond acceptors (Lipinski definition) is 4. The topological polar surface area (TPSA) is 47.0 Å². The summed E-state index contributed by atoms with van der Waals surface area (Å²) in [6.07, 6.45) is 4.27. The molecule has 1 aromatic carbocycles. The van der Waals surface area contributed by atoms with E-state index in [4.69, 9.17) is 0 Å². The first-order chi connectivity index (χ1) is 14.1. The van der Waals surface area contributed by atoms with Crippen LogP contribution in [-0.2, 0) is 4.79 Å². The highest BCUT2D eigenvalue weighted by molar-refractivity contribution is 5.81. The van der Waals surface area contributed by atoms with Crippen LogP contribution in [0.4, 0.5) is 0 Å². The van der Waals surface area contributed by atoms with E-state index in [-0.39, 0.29) is 24.5 Å². The minimum atomic E-state index is 0.154. The summed E-state index contributed by atoms with van der Waals surface area (Å²) in [5.41, 5.74) is 2.28. The van der Waals surface area contributed by atoms with Gasteiger partial charge in [-0.05, 0) is 64.0 Å². The van der Waals surface area contributed by atoms with Crippen molar-refractivity contribution in [2.45, 2.75) is 43.7 Å². The molecule has 3 fully saturated rings. The molecule has 29 heavy (non-hydrogen) atoms. The SMILES string of the molecule is CN(C)CC#Cc1ccc([C@H]2[C@H](CO)N3CCCCN(C(=O)C4CC4)C[C@@H]23)cc1. The third kappa shape index (κ3) is 4.50. The standard InChI is InChI=1S/C24H33N3O2/c1-25(2)13-5-6-18-7-9-19(10-8-18)23-21-16-26(24(29)20-11-12-20)14-3-4-15-27(21)22(23)17-28/h7-10,20-23,28H,3-4,11-17H2,1-2H3/t21-,22-,23+/m0/s1. The lowest BCUT2D eigenvalue weighted by molar-refractivity contribution is -0.137. The van der Waals surface area contributed by atoms with Gasteiger partial charge in [0.2, 0.25) is 5.91 Å². The smallest absolute Gasteiger partial charge is 0.225 e. The maximum absolute atomic E-state index is 12.7. The van der Waals surface area contributed by atoms with Crippen molar-refractivity contribution in [2.75, 3.05) is 46.9 Å². The first kappa shape index (κ1) is 20.4. The first-order valence-electron chi connectivity index (χ1n) is 11.0. The maximum Gasteiger partial charge on any atom is 0.225 e. The average molecular weight is 396 g/mol. The van der Waals surface area contributed by atoms with E-state index in [0.29, 0.717) is 11.9 Å². The second kappa shape index (κ2) is 8.87. The molecule has 156 valence electrons. The molecule has 1 amide bonds. The van der Waals surface area contributed by atoms with Crippen molar-refractivity contribution >= 4 is 5.91 Å². The summed E-state index contributed by atoms with van der Waals surface area (Å²) in [7, 11) is 4.03. The van der Waals surface area contributed by atoms with Gasteiger partial charge in [-0.15, -0.1) is 0 Å². The Labute approximate surface area is 174 Å². The number of benzene rings is 1. The Morgan fingerprint density at radius 1 is 1.17 bits per heavy atom. The first-order valence-corrected chi connectivity index (χ1v) is 11.0. The lowest BCUT2D eigenvalue weighted by Crippen LogP contribution is -2.68. The number of amides is 1. The molecule has 0 radical (unpaired) electrons. The van der Waals surface area contributed by atoms with Gasteiger partial charge in [0.25, 0.3) is 0 Å². The molecule has 5 heteroatoms. The minimum Gasteiger partial charge on any atom is -0.395 e. The van der Waals surface area contributed by atoms with Crippen LogP contribution in [0, 0.1) is 17.8 Å².